The monoisotopic (exact) mass is 188 g/mol. The predicted molar refractivity (Wildman–Crippen MR) is 49.2 cm³/mol. The topological polar surface area (TPSA) is 32.3 Å². The number of nitrogens with zero attached hydrogens (tertiary/aromatic N) is 1. The van der Waals surface area contributed by atoms with Crippen molar-refractivity contribution in [3.8, 4) is 0 Å². The zero-order valence-corrected chi connectivity index (χ0v) is 7.73. The number of carbonyl (C=O) groups is 1. The molecule has 4 heteroatoms. The van der Waals surface area contributed by atoms with Crippen LogP contribution in [0.2, 0.25) is 0 Å². The van der Waals surface area contributed by atoms with Crippen LogP contribution in [-0.2, 0) is 0 Å². The molecule has 2 amide bonds. The van der Waals surface area contributed by atoms with Gasteiger partial charge in [-0.2, -0.15) is 0 Å². The van der Waals surface area contributed by atoms with Crippen LogP contribution in [-0.4, -0.2) is 30.6 Å². The van der Waals surface area contributed by atoms with Gasteiger partial charge in [-0.25, -0.2) is 4.79 Å². The fraction of sp³-hybridized carbons (Fsp3) is 0.625. The smallest absolute Gasteiger partial charge is 0.317 e. The zero-order valence-electron chi connectivity index (χ0n) is 6.98. The van der Waals surface area contributed by atoms with Crippen molar-refractivity contribution in [2.45, 2.75) is 12.8 Å². The summed E-state index contributed by atoms with van der Waals surface area (Å²) in [6.07, 6.45) is 2.21. The molecular formula is C8H13ClN2O. The second-order valence-corrected chi connectivity index (χ2v) is 3.40. The van der Waals surface area contributed by atoms with E-state index < -0.39 is 0 Å². The standard InChI is InChI=1S/C8H13ClN2O/c1-7(9)6-10-8(12)11-4-2-3-5-11/h1-6H2,(H,10,12). The molecule has 1 saturated heterocycles. The third-order valence-electron chi connectivity index (χ3n) is 1.82. The fourth-order valence-electron chi connectivity index (χ4n) is 1.20. The van der Waals surface area contributed by atoms with Crippen molar-refractivity contribution < 1.29 is 4.79 Å². The number of nitrogens with one attached hydrogen (secondary N) is 1. The summed E-state index contributed by atoms with van der Waals surface area (Å²) in [5.74, 6) is 0. The van der Waals surface area contributed by atoms with Gasteiger partial charge in [0, 0.05) is 18.1 Å². The van der Waals surface area contributed by atoms with Crippen molar-refractivity contribution >= 4 is 17.6 Å². The van der Waals surface area contributed by atoms with Gasteiger partial charge in [0.2, 0.25) is 0 Å². The molecule has 0 spiro atoms. The number of carbonyl (C=O) groups excluding carboxylic acids is 1. The van der Waals surface area contributed by atoms with Crippen LogP contribution in [0.3, 0.4) is 0 Å². The molecule has 1 fully saturated rings. The van der Waals surface area contributed by atoms with E-state index in [9.17, 15) is 4.79 Å². The molecule has 0 aromatic rings. The zero-order chi connectivity index (χ0) is 8.97. The van der Waals surface area contributed by atoms with E-state index in [-0.39, 0.29) is 6.03 Å². The maximum absolute atomic E-state index is 11.3. The van der Waals surface area contributed by atoms with E-state index in [1.807, 2.05) is 0 Å². The maximum atomic E-state index is 11.3. The van der Waals surface area contributed by atoms with Crippen molar-refractivity contribution in [2.24, 2.45) is 0 Å². The normalized spacial score (nSPS) is 16.2. The molecule has 0 atom stereocenters. The second kappa shape index (κ2) is 4.36. The molecular weight excluding hydrogens is 176 g/mol. The van der Waals surface area contributed by atoms with Gasteiger partial charge in [-0.1, -0.05) is 18.2 Å². The quantitative estimate of drug-likeness (QED) is 0.701. The molecule has 1 aliphatic heterocycles. The van der Waals surface area contributed by atoms with Crippen LogP contribution in [0, 0.1) is 0 Å². The summed E-state index contributed by atoms with van der Waals surface area (Å²) in [6, 6.07) is -0.0331. The minimum absolute atomic E-state index is 0.0331. The Labute approximate surface area is 77.4 Å². The Morgan fingerprint density at radius 2 is 2.08 bits per heavy atom. The Hall–Kier alpha value is -0.700. The highest BCUT2D eigenvalue weighted by Gasteiger charge is 2.16. The number of halogens is 1. The fourth-order valence-corrected chi connectivity index (χ4v) is 1.27. The van der Waals surface area contributed by atoms with Crippen LogP contribution in [0.4, 0.5) is 4.79 Å². The van der Waals surface area contributed by atoms with Crippen LogP contribution in [0.5, 0.6) is 0 Å². The largest absolute Gasteiger partial charge is 0.333 e. The van der Waals surface area contributed by atoms with Gasteiger partial charge < -0.3 is 10.2 Å². The number of hydrogen-bond acceptors (Lipinski definition) is 1. The molecule has 1 heterocycles. The highest BCUT2D eigenvalue weighted by atomic mass is 35.5. The highest BCUT2D eigenvalue weighted by Crippen LogP contribution is 2.07. The average molecular weight is 189 g/mol. The molecule has 1 rings (SSSR count). The number of hydrogen-bond donors (Lipinski definition) is 1. The first-order chi connectivity index (χ1) is 5.70. The summed E-state index contributed by atoms with van der Waals surface area (Å²) in [7, 11) is 0. The Balaban J connectivity index is 2.23. The van der Waals surface area contributed by atoms with E-state index in [0.717, 1.165) is 25.9 Å². The number of rotatable bonds is 2. The third-order valence-corrected chi connectivity index (χ3v) is 1.96. The number of urea groups is 1. The Morgan fingerprint density at radius 1 is 1.50 bits per heavy atom. The van der Waals surface area contributed by atoms with Gasteiger partial charge in [0.25, 0.3) is 0 Å². The second-order valence-electron chi connectivity index (χ2n) is 2.87. The van der Waals surface area contributed by atoms with E-state index in [2.05, 4.69) is 11.9 Å². The third kappa shape index (κ3) is 2.74. The predicted octanol–water partition coefficient (Wildman–Crippen LogP) is 1.54. The summed E-state index contributed by atoms with van der Waals surface area (Å²) in [5, 5.41) is 3.14. The summed E-state index contributed by atoms with van der Waals surface area (Å²) < 4.78 is 0. The van der Waals surface area contributed by atoms with Gasteiger partial charge in [0.1, 0.15) is 0 Å². The van der Waals surface area contributed by atoms with Crippen molar-refractivity contribution in [3.63, 3.8) is 0 Å². The van der Waals surface area contributed by atoms with Crippen molar-refractivity contribution in [1.82, 2.24) is 10.2 Å². The minimum atomic E-state index is -0.0331. The first kappa shape index (κ1) is 9.39. The first-order valence-electron chi connectivity index (χ1n) is 4.06. The lowest BCUT2D eigenvalue weighted by Crippen LogP contribution is -2.38. The summed E-state index contributed by atoms with van der Waals surface area (Å²) in [5.41, 5.74) is 0. The minimum Gasteiger partial charge on any atom is -0.333 e. The molecule has 0 radical (unpaired) electrons. The first-order valence-corrected chi connectivity index (χ1v) is 4.44. The van der Waals surface area contributed by atoms with E-state index >= 15 is 0 Å². The highest BCUT2D eigenvalue weighted by molar-refractivity contribution is 6.29. The van der Waals surface area contributed by atoms with Gasteiger partial charge >= 0.3 is 6.03 Å². The molecule has 0 unspecified atom stereocenters. The molecule has 12 heavy (non-hydrogen) atoms. The molecule has 0 aliphatic carbocycles. The number of amides is 2. The SMILES string of the molecule is C=C(Cl)CNC(=O)N1CCCC1. The molecule has 1 N–H and O–H groups in total. The lowest BCUT2D eigenvalue weighted by molar-refractivity contribution is 0.210. The lowest BCUT2D eigenvalue weighted by atomic mass is 10.4. The Kier molecular flexibility index (Phi) is 3.41. The van der Waals surface area contributed by atoms with Crippen LogP contribution < -0.4 is 5.32 Å². The maximum Gasteiger partial charge on any atom is 0.317 e. The number of likely N-dealkylation sites (tertiary alicyclic amines) is 1. The van der Waals surface area contributed by atoms with E-state index in [0.29, 0.717) is 11.6 Å². The molecule has 0 aromatic heterocycles. The molecule has 1 aliphatic rings. The van der Waals surface area contributed by atoms with Crippen LogP contribution in [0.25, 0.3) is 0 Å². The van der Waals surface area contributed by atoms with Gasteiger partial charge in [-0.3, -0.25) is 0 Å². The van der Waals surface area contributed by atoms with Gasteiger partial charge in [-0.15, -0.1) is 0 Å². The molecule has 0 bridgehead atoms. The molecule has 0 saturated carbocycles. The van der Waals surface area contributed by atoms with Gasteiger partial charge in [-0.05, 0) is 12.8 Å². The van der Waals surface area contributed by atoms with E-state index in [1.54, 1.807) is 4.90 Å². The molecule has 68 valence electrons. The summed E-state index contributed by atoms with van der Waals surface area (Å²) >= 11 is 5.50. The lowest BCUT2D eigenvalue weighted by Gasteiger charge is -2.15. The Bertz CT molecular complexity index is 187. The van der Waals surface area contributed by atoms with Gasteiger partial charge in [0.15, 0.2) is 0 Å². The summed E-state index contributed by atoms with van der Waals surface area (Å²) in [4.78, 5) is 13.1. The Morgan fingerprint density at radius 3 is 2.58 bits per heavy atom. The van der Waals surface area contributed by atoms with Gasteiger partial charge in [0.05, 0.1) is 6.54 Å². The molecule has 0 aromatic carbocycles. The van der Waals surface area contributed by atoms with Crippen LogP contribution >= 0.6 is 11.6 Å². The van der Waals surface area contributed by atoms with Crippen molar-refractivity contribution in [2.75, 3.05) is 19.6 Å². The van der Waals surface area contributed by atoms with Crippen LogP contribution in [0.1, 0.15) is 12.8 Å². The van der Waals surface area contributed by atoms with Crippen molar-refractivity contribution in [1.29, 1.82) is 0 Å². The van der Waals surface area contributed by atoms with E-state index in [1.165, 1.54) is 0 Å². The van der Waals surface area contributed by atoms with E-state index in [4.69, 9.17) is 11.6 Å². The van der Waals surface area contributed by atoms with Crippen LogP contribution in [0.15, 0.2) is 11.6 Å². The molecule has 3 nitrogen and oxygen atoms in total. The average Bonchev–Trinajstić information content (AvgIpc) is 2.51. The summed E-state index contributed by atoms with van der Waals surface area (Å²) in [6.45, 7) is 5.57. The van der Waals surface area contributed by atoms with Crippen molar-refractivity contribution in [3.05, 3.63) is 11.6 Å².